The number of esters is 1. The number of carbonyl (C=O) groups excluding carboxylic acids is 2. The fraction of sp³-hybridized carbons (Fsp3) is 0.895. The number of aliphatic hydroxyl groups is 2. The molecule has 0 aromatic carbocycles. The minimum atomic E-state index is -0.668. The summed E-state index contributed by atoms with van der Waals surface area (Å²) in [5, 5.41) is 23.2. The second-order valence-corrected chi connectivity index (χ2v) is 19.3. The summed E-state index contributed by atoms with van der Waals surface area (Å²) >= 11 is 0. The lowest BCUT2D eigenvalue weighted by Crippen LogP contribution is -2.45. The van der Waals surface area contributed by atoms with Crippen LogP contribution in [0.4, 0.5) is 0 Å². The summed E-state index contributed by atoms with van der Waals surface area (Å²) in [5.41, 5.74) is 0. The molecule has 372 valence electrons. The van der Waals surface area contributed by atoms with Crippen LogP contribution < -0.4 is 5.32 Å². The van der Waals surface area contributed by atoms with Gasteiger partial charge in [0.25, 0.3) is 0 Å². The van der Waals surface area contributed by atoms with Crippen LogP contribution in [0.5, 0.6) is 0 Å². The van der Waals surface area contributed by atoms with E-state index in [1.165, 1.54) is 218 Å². The van der Waals surface area contributed by atoms with E-state index in [9.17, 15) is 19.8 Å². The number of hydrogen-bond donors (Lipinski definition) is 3. The Labute approximate surface area is 392 Å². The van der Waals surface area contributed by atoms with Gasteiger partial charge < -0.3 is 20.3 Å². The van der Waals surface area contributed by atoms with Gasteiger partial charge in [-0.2, -0.15) is 0 Å². The van der Waals surface area contributed by atoms with Crippen LogP contribution in [-0.4, -0.2) is 47.4 Å². The van der Waals surface area contributed by atoms with E-state index in [1.807, 2.05) is 0 Å². The van der Waals surface area contributed by atoms with Gasteiger partial charge in [0.2, 0.25) is 5.91 Å². The third-order valence-corrected chi connectivity index (χ3v) is 13.0. The number of amides is 1. The van der Waals surface area contributed by atoms with E-state index in [0.717, 1.165) is 51.4 Å². The highest BCUT2D eigenvalue weighted by Crippen LogP contribution is 2.17. The Balaban J connectivity index is 3.41. The number of ether oxygens (including phenoxy) is 1. The molecule has 3 N–H and O–H groups in total. The quantitative estimate of drug-likeness (QED) is 0.0321. The summed E-state index contributed by atoms with van der Waals surface area (Å²) in [6, 6.07) is -0.546. The maximum Gasteiger partial charge on any atom is 0.305 e. The molecule has 0 saturated carbocycles. The van der Waals surface area contributed by atoms with Gasteiger partial charge in [-0.25, -0.2) is 0 Å². The Bertz CT molecular complexity index is 982. The van der Waals surface area contributed by atoms with Crippen molar-refractivity contribution in [3.63, 3.8) is 0 Å². The van der Waals surface area contributed by atoms with Gasteiger partial charge in [0.1, 0.15) is 0 Å². The van der Waals surface area contributed by atoms with Gasteiger partial charge in [-0.1, -0.05) is 256 Å². The number of allylic oxidation sites excluding steroid dienone is 4. The predicted octanol–water partition coefficient (Wildman–Crippen LogP) is 17.1. The summed E-state index contributed by atoms with van der Waals surface area (Å²) < 4.78 is 5.48. The van der Waals surface area contributed by atoms with Crippen LogP contribution in [-0.2, 0) is 14.3 Å². The van der Waals surface area contributed by atoms with Crippen molar-refractivity contribution in [1.82, 2.24) is 5.32 Å². The third-order valence-electron chi connectivity index (χ3n) is 13.0. The maximum atomic E-state index is 12.4. The van der Waals surface area contributed by atoms with Crippen LogP contribution in [0.3, 0.4) is 0 Å². The highest BCUT2D eigenvalue weighted by Gasteiger charge is 2.20. The van der Waals surface area contributed by atoms with E-state index < -0.39 is 12.1 Å². The van der Waals surface area contributed by atoms with Gasteiger partial charge in [-0.3, -0.25) is 9.59 Å². The molecular formula is C57H109NO5. The van der Waals surface area contributed by atoms with Crippen LogP contribution in [0, 0.1) is 0 Å². The minimum absolute atomic E-state index is 0.00406. The van der Waals surface area contributed by atoms with Gasteiger partial charge in [-0.05, 0) is 57.8 Å². The van der Waals surface area contributed by atoms with Gasteiger partial charge in [0, 0.05) is 12.8 Å². The lowest BCUT2D eigenvalue weighted by atomic mass is 10.0. The number of hydrogen-bond acceptors (Lipinski definition) is 5. The Morgan fingerprint density at radius 2 is 0.794 bits per heavy atom. The molecule has 0 rings (SSSR count). The van der Waals surface area contributed by atoms with Crippen molar-refractivity contribution >= 4 is 11.9 Å². The first-order chi connectivity index (χ1) is 31.0. The molecule has 2 atom stereocenters. The van der Waals surface area contributed by atoms with Crippen molar-refractivity contribution in [2.45, 2.75) is 315 Å². The molecule has 0 aliphatic carbocycles. The molecule has 6 nitrogen and oxygen atoms in total. The summed E-state index contributed by atoms with van der Waals surface area (Å²) in [6.07, 6.45) is 63.0. The molecule has 2 unspecified atom stereocenters. The average Bonchev–Trinajstić information content (AvgIpc) is 3.28. The predicted molar refractivity (Wildman–Crippen MR) is 273 cm³/mol. The zero-order valence-electron chi connectivity index (χ0n) is 42.3. The van der Waals surface area contributed by atoms with Crippen LogP contribution in [0.2, 0.25) is 0 Å². The van der Waals surface area contributed by atoms with E-state index in [0.29, 0.717) is 25.9 Å². The van der Waals surface area contributed by atoms with E-state index in [1.54, 1.807) is 0 Å². The first kappa shape index (κ1) is 61.3. The molecule has 0 aliphatic heterocycles. The van der Waals surface area contributed by atoms with Gasteiger partial charge in [-0.15, -0.1) is 0 Å². The molecule has 1 amide bonds. The van der Waals surface area contributed by atoms with Gasteiger partial charge in [0.05, 0.1) is 25.4 Å². The van der Waals surface area contributed by atoms with E-state index in [4.69, 9.17) is 4.74 Å². The van der Waals surface area contributed by atoms with Crippen LogP contribution in [0.25, 0.3) is 0 Å². The number of carbonyl (C=O) groups is 2. The summed E-state index contributed by atoms with van der Waals surface area (Å²) in [4.78, 5) is 24.5. The highest BCUT2D eigenvalue weighted by molar-refractivity contribution is 5.76. The molecule has 0 saturated heterocycles. The average molecular weight is 889 g/mol. The van der Waals surface area contributed by atoms with Crippen molar-refractivity contribution < 1.29 is 24.5 Å². The maximum absolute atomic E-state index is 12.4. The largest absolute Gasteiger partial charge is 0.466 e. The van der Waals surface area contributed by atoms with Crippen LogP contribution >= 0.6 is 0 Å². The fourth-order valence-corrected chi connectivity index (χ4v) is 8.67. The molecule has 63 heavy (non-hydrogen) atoms. The van der Waals surface area contributed by atoms with Crippen molar-refractivity contribution in [3.8, 4) is 0 Å². The highest BCUT2D eigenvalue weighted by atomic mass is 16.5. The number of aliphatic hydroxyl groups excluding tert-OH is 2. The minimum Gasteiger partial charge on any atom is -0.466 e. The molecule has 0 bridgehead atoms. The van der Waals surface area contributed by atoms with Crippen molar-refractivity contribution in [3.05, 3.63) is 24.3 Å². The molecule has 0 radical (unpaired) electrons. The zero-order valence-corrected chi connectivity index (χ0v) is 42.3. The molecule has 0 aromatic heterocycles. The monoisotopic (exact) mass is 888 g/mol. The van der Waals surface area contributed by atoms with Crippen LogP contribution in [0.1, 0.15) is 303 Å². The van der Waals surface area contributed by atoms with Crippen molar-refractivity contribution in [2.24, 2.45) is 0 Å². The van der Waals surface area contributed by atoms with Crippen molar-refractivity contribution in [1.29, 1.82) is 0 Å². The third kappa shape index (κ3) is 49.6. The van der Waals surface area contributed by atoms with Crippen LogP contribution in [0.15, 0.2) is 24.3 Å². The second-order valence-electron chi connectivity index (χ2n) is 19.3. The Morgan fingerprint density at radius 1 is 0.444 bits per heavy atom. The lowest BCUT2D eigenvalue weighted by Gasteiger charge is -2.22. The number of nitrogens with one attached hydrogen (secondary N) is 1. The van der Waals surface area contributed by atoms with Gasteiger partial charge >= 0.3 is 5.97 Å². The number of unbranched alkanes of at least 4 members (excludes halogenated alkanes) is 37. The first-order valence-corrected chi connectivity index (χ1v) is 28.1. The smallest absolute Gasteiger partial charge is 0.305 e. The van der Waals surface area contributed by atoms with E-state index >= 15 is 0 Å². The molecule has 0 aliphatic rings. The Kier molecular flexibility index (Phi) is 51.6. The summed E-state index contributed by atoms with van der Waals surface area (Å²) in [7, 11) is 0. The van der Waals surface area contributed by atoms with E-state index in [2.05, 4.69) is 43.5 Å². The molecular weight excluding hydrogens is 779 g/mol. The molecule has 0 heterocycles. The fourth-order valence-electron chi connectivity index (χ4n) is 8.67. The summed E-state index contributed by atoms with van der Waals surface area (Å²) in [6.45, 7) is 4.92. The Morgan fingerprint density at radius 3 is 1.22 bits per heavy atom. The summed E-state index contributed by atoms with van der Waals surface area (Å²) in [5.74, 6) is -0.0462. The topological polar surface area (TPSA) is 95.9 Å². The normalized spacial score (nSPS) is 12.8. The lowest BCUT2D eigenvalue weighted by molar-refractivity contribution is -0.143. The van der Waals surface area contributed by atoms with E-state index in [-0.39, 0.29) is 18.5 Å². The number of rotatable bonds is 52. The molecule has 6 heteroatoms. The SMILES string of the molecule is CCCCCC/C=C\C/C=C\CCCCCCCCCC(=O)OCCCCCCCCCCCCCCCCCCC(=O)NC(CO)C(O)CCCCCCCCCCCCCC. The molecule has 0 aromatic rings. The first-order valence-electron chi connectivity index (χ1n) is 28.1. The molecule has 0 spiro atoms. The zero-order chi connectivity index (χ0) is 45.8. The molecule has 0 fully saturated rings. The Hall–Kier alpha value is -1.66. The van der Waals surface area contributed by atoms with Crippen molar-refractivity contribution in [2.75, 3.05) is 13.2 Å². The standard InChI is InChI=1S/C57H109NO5/c1-3-5-7-9-11-13-15-17-18-19-20-24-27-31-35-39-43-47-51-57(62)63-52-48-44-40-36-32-28-25-22-21-23-26-30-34-38-42-46-50-56(61)58-54(53-59)55(60)49-45-41-37-33-29-16-14-12-10-8-6-4-2/h13,15,18-19,54-55,59-60H,3-12,14,16-17,20-53H2,1-2H3,(H,58,61)/b15-13-,19-18-. The second kappa shape index (κ2) is 53.0. The van der Waals surface area contributed by atoms with Gasteiger partial charge in [0.15, 0.2) is 0 Å².